The van der Waals surface area contributed by atoms with E-state index in [9.17, 15) is 14.0 Å². The normalized spacial score (nSPS) is 15.5. The molecule has 10 heteroatoms. The Bertz CT molecular complexity index is 1130. The summed E-state index contributed by atoms with van der Waals surface area (Å²) in [5.41, 5.74) is 0.776. The molecule has 2 heterocycles. The van der Waals surface area contributed by atoms with Crippen molar-refractivity contribution in [3.8, 4) is 11.5 Å². The summed E-state index contributed by atoms with van der Waals surface area (Å²) >= 11 is 1.12. The third-order valence-electron chi connectivity index (χ3n) is 5.11. The molecule has 0 aliphatic carbocycles. The summed E-state index contributed by atoms with van der Waals surface area (Å²) in [6.45, 7) is 0.563. The van der Waals surface area contributed by atoms with Gasteiger partial charge in [-0.15, -0.1) is 10.2 Å². The molecule has 1 atom stereocenters. The summed E-state index contributed by atoms with van der Waals surface area (Å²) in [4.78, 5) is 27.5. The van der Waals surface area contributed by atoms with Gasteiger partial charge in [-0.05, 0) is 43.2 Å². The van der Waals surface area contributed by atoms with Gasteiger partial charge in [0.2, 0.25) is 5.01 Å². The number of methoxy groups -OCH3 is 2. The number of amides is 2. The SMILES string of the molecule is COc1cc(OC)cc(C(=O)N2CCC[C@H]2c2nnc(C(=O)Nc3cccc(F)c3)s2)c1. The Balaban J connectivity index is 1.52. The van der Waals surface area contributed by atoms with E-state index in [1.165, 1.54) is 32.4 Å². The Morgan fingerprint density at radius 1 is 1.12 bits per heavy atom. The second-order valence-electron chi connectivity index (χ2n) is 7.17. The van der Waals surface area contributed by atoms with Crippen LogP contribution in [0.3, 0.4) is 0 Å². The summed E-state index contributed by atoms with van der Waals surface area (Å²) in [7, 11) is 3.05. The molecule has 1 aromatic heterocycles. The summed E-state index contributed by atoms with van der Waals surface area (Å²) in [6.07, 6.45) is 1.52. The molecule has 2 amide bonds. The quantitative estimate of drug-likeness (QED) is 0.604. The summed E-state index contributed by atoms with van der Waals surface area (Å²) in [5.74, 6) is -0.0558. The molecule has 32 heavy (non-hydrogen) atoms. The Kier molecular flexibility index (Phi) is 6.31. The highest BCUT2D eigenvalue weighted by atomic mass is 32.1. The number of aromatic nitrogens is 2. The summed E-state index contributed by atoms with van der Waals surface area (Å²) in [5, 5.41) is 11.5. The Hall–Kier alpha value is -3.53. The highest BCUT2D eigenvalue weighted by Crippen LogP contribution is 2.35. The molecular weight excluding hydrogens is 435 g/mol. The smallest absolute Gasteiger partial charge is 0.286 e. The van der Waals surface area contributed by atoms with E-state index in [1.54, 1.807) is 29.2 Å². The average Bonchev–Trinajstić information content (AvgIpc) is 3.48. The number of hydrogen-bond donors (Lipinski definition) is 1. The maximum absolute atomic E-state index is 13.4. The first-order chi connectivity index (χ1) is 15.5. The average molecular weight is 456 g/mol. The van der Waals surface area contributed by atoms with Crippen LogP contribution in [0.1, 0.15) is 44.1 Å². The molecule has 3 aromatic rings. The second kappa shape index (κ2) is 9.31. The molecule has 166 valence electrons. The number of carbonyl (C=O) groups excluding carboxylic acids is 2. The van der Waals surface area contributed by atoms with Crippen molar-refractivity contribution < 1.29 is 23.5 Å². The lowest BCUT2D eigenvalue weighted by Crippen LogP contribution is -2.30. The minimum atomic E-state index is -0.479. The second-order valence-corrected chi connectivity index (χ2v) is 8.18. The van der Waals surface area contributed by atoms with Crippen molar-refractivity contribution in [1.82, 2.24) is 15.1 Å². The molecule has 4 rings (SSSR count). The molecule has 1 N–H and O–H groups in total. The molecule has 0 spiro atoms. The molecule has 0 radical (unpaired) electrons. The van der Waals surface area contributed by atoms with E-state index in [0.29, 0.717) is 40.7 Å². The summed E-state index contributed by atoms with van der Waals surface area (Å²) in [6, 6.07) is 10.4. The van der Waals surface area contributed by atoms with Crippen molar-refractivity contribution in [2.24, 2.45) is 0 Å². The van der Waals surface area contributed by atoms with Crippen molar-refractivity contribution in [3.63, 3.8) is 0 Å². The molecule has 1 aliphatic rings. The molecule has 1 saturated heterocycles. The first-order valence-electron chi connectivity index (χ1n) is 9.93. The van der Waals surface area contributed by atoms with Gasteiger partial charge in [0.25, 0.3) is 11.8 Å². The lowest BCUT2D eigenvalue weighted by molar-refractivity contribution is 0.0734. The minimum absolute atomic E-state index is 0.145. The molecule has 2 aromatic carbocycles. The Labute approximate surface area is 188 Å². The van der Waals surface area contributed by atoms with Crippen molar-refractivity contribution in [2.45, 2.75) is 18.9 Å². The van der Waals surface area contributed by atoms with E-state index in [2.05, 4.69) is 15.5 Å². The van der Waals surface area contributed by atoms with Crippen molar-refractivity contribution in [3.05, 3.63) is 63.9 Å². The molecule has 0 unspecified atom stereocenters. The lowest BCUT2D eigenvalue weighted by Gasteiger charge is -2.23. The monoisotopic (exact) mass is 456 g/mol. The number of anilines is 1. The van der Waals surface area contributed by atoms with Gasteiger partial charge in [0.05, 0.1) is 20.3 Å². The van der Waals surface area contributed by atoms with Crippen LogP contribution < -0.4 is 14.8 Å². The van der Waals surface area contributed by atoms with E-state index in [1.807, 2.05) is 0 Å². The van der Waals surface area contributed by atoms with Gasteiger partial charge in [-0.25, -0.2) is 4.39 Å². The molecule has 0 bridgehead atoms. The molecule has 0 saturated carbocycles. The first-order valence-corrected chi connectivity index (χ1v) is 10.7. The minimum Gasteiger partial charge on any atom is -0.497 e. The van der Waals surface area contributed by atoms with Gasteiger partial charge >= 0.3 is 0 Å². The zero-order valence-corrected chi connectivity index (χ0v) is 18.3. The highest BCUT2D eigenvalue weighted by Gasteiger charge is 2.34. The lowest BCUT2D eigenvalue weighted by atomic mass is 10.1. The van der Waals surface area contributed by atoms with E-state index < -0.39 is 11.7 Å². The predicted molar refractivity (Wildman–Crippen MR) is 117 cm³/mol. The molecule has 1 fully saturated rings. The van der Waals surface area contributed by atoms with Gasteiger partial charge < -0.3 is 19.7 Å². The van der Waals surface area contributed by atoms with E-state index in [-0.39, 0.29) is 17.0 Å². The fourth-order valence-electron chi connectivity index (χ4n) is 3.58. The van der Waals surface area contributed by atoms with E-state index >= 15 is 0 Å². The van der Waals surface area contributed by atoms with Gasteiger partial charge in [0.1, 0.15) is 22.3 Å². The zero-order valence-electron chi connectivity index (χ0n) is 17.5. The number of likely N-dealkylation sites (tertiary alicyclic amines) is 1. The third kappa shape index (κ3) is 4.54. The van der Waals surface area contributed by atoms with Crippen LogP contribution in [0, 0.1) is 5.82 Å². The third-order valence-corrected chi connectivity index (χ3v) is 6.14. The van der Waals surface area contributed by atoms with Crippen LogP contribution >= 0.6 is 11.3 Å². The largest absolute Gasteiger partial charge is 0.497 e. The van der Waals surface area contributed by atoms with Gasteiger partial charge in [-0.1, -0.05) is 17.4 Å². The molecular formula is C22H21FN4O4S. The fraction of sp³-hybridized carbons (Fsp3) is 0.273. The van der Waals surface area contributed by atoms with Gasteiger partial charge in [0, 0.05) is 23.9 Å². The number of halogens is 1. The number of ether oxygens (including phenoxy) is 2. The van der Waals surface area contributed by atoms with Crippen molar-refractivity contribution in [1.29, 1.82) is 0 Å². The topological polar surface area (TPSA) is 93.7 Å². The zero-order chi connectivity index (χ0) is 22.7. The Morgan fingerprint density at radius 3 is 2.56 bits per heavy atom. The number of rotatable bonds is 6. The highest BCUT2D eigenvalue weighted by molar-refractivity contribution is 7.13. The van der Waals surface area contributed by atoms with Crippen LogP contribution in [0.25, 0.3) is 0 Å². The van der Waals surface area contributed by atoms with Crippen LogP contribution in [-0.2, 0) is 0 Å². The van der Waals surface area contributed by atoms with Crippen molar-refractivity contribution >= 4 is 28.8 Å². The van der Waals surface area contributed by atoms with E-state index in [4.69, 9.17) is 9.47 Å². The standard InChI is InChI=1S/C22H21FN4O4S/c1-30-16-9-13(10-17(12-16)31-2)22(29)27-8-4-7-18(27)20-25-26-21(32-20)19(28)24-15-6-3-5-14(23)11-15/h3,5-6,9-12,18H,4,7-8H2,1-2H3,(H,24,28)/t18-/m0/s1. The molecule has 8 nitrogen and oxygen atoms in total. The predicted octanol–water partition coefficient (Wildman–Crippen LogP) is 3.92. The van der Waals surface area contributed by atoms with E-state index in [0.717, 1.165) is 17.8 Å². The van der Waals surface area contributed by atoms with Crippen LogP contribution in [0.5, 0.6) is 11.5 Å². The number of nitrogens with one attached hydrogen (secondary N) is 1. The van der Waals surface area contributed by atoms with Crippen LogP contribution in [0.15, 0.2) is 42.5 Å². The molecule has 1 aliphatic heterocycles. The number of nitrogens with zero attached hydrogens (tertiary/aromatic N) is 3. The van der Waals surface area contributed by atoms with Gasteiger partial charge in [-0.3, -0.25) is 9.59 Å². The summed E-state index contributed by atoms with van der Waals surface area (Å²) < 4.78 is 23.9. The maximum Gasteiger partial charge on any atom is 0.286 e. The number of carbonyl (C=O) groups is 2. The number of benzene rings is 2. The maximum atomic E-state index is 13.4. The van der Waals surface area contributed by atoms with Crippen LogP contribution in [-0.4, -0.2) is 47.7 Å². The van der Waals surface area contributed by atoms with Gasteiger partial charge in [0.15, 0.2) is 0 Å². The first kappa shape index (κ1) is 21.7. The Morgan fingerprint density at radius 2 is 1.88 bits per heavy atom. The fourth-order valence-corrected chi connectivity index (χ4v) is 4.46. The number of hydrogen-bond acceptors (Lipinski definition) is 7. The van der Waals surface area contributed by atoms with Crippen LogP contribution in [0.4, 0.5) is 10.1 Å². The van der Waals surface area contributed by atoms with Gasteiger partial charge in [-0.2, -0.15) is 0 Å². The van der Waals surface area contributed by atoms with Crippen molar-refractivity contribution in [2.75, 3.05) is 26.1 Å². The van der Waals surface area contributed by atoms with Crippen LogP contribution in [0.2, 0.25) is 0 Å².